The fraction of sp³-hybridized carbons (Fsp3) is 0.227. The van der Waals surface area contributed by atoms with Crippen LogP contribution < -0.4 is 10.6 Å². The van der Waals surface area contributed by atoms with Crippen LogP contribution in [-0.2, 0) is 17.6 Å². The smallest absolute Gasteiger partial charge is 0.241 e. The van der Waals surface area contributed by atoms with Crippen LogP contribution >= 0.6 is 0 Å². The molecule has 2 aromatic heterocycles. The number of carbonyl (C=O) groups excluding carboxylic acids is 1. The number of aromatic nitrogens is 2. The van der Waals surface area contributed by atoms with Gasteiger partial charge in [-0.25, -0.2) is 0 Å². The molecule has 0 aliphatic rings. The first-order chi connectivity index (χ1) is 13.7. The number of phenols is 1. The normalized spacial score (nSPS) is 11.7. The summed E-state index contributed by atoms with van der Waals surface area (Å²) in [4.78, 5) is 20.8. The van der Waals surface area contributed by atoms with Gasteiger partial charge in [-0.15, -0.1) is 0 Å². The third kappa shape index (κ3) is 5.89. The second-order valence-corrected chi connectivity index (χ2v) is 6.48. The summed E-state index contributed by atoms with van der Waals surface area (Å²) in [6, 6.07) is 14.0. The Hall–Kier alpha value is -3.25. The van der Waals surface area contributed by atoms with Crippen molar-refractivity contribution < 1.29 is 9.90 Å². The lowest BCUT2D eigenvalue weighted by Crippen LogP contribution is -2.39. The summed E-state index contributed by atoms with van der Waals surface area (Å²) in [7, 11) is 0. The molecule has 0 radical (unpaired) electrons. The van der Waals surface area contributed by atoms with Crippen molar-refractivity contribution in [3.63, 3.8) is 0 Å². The van der Waals surface area contributed by atoms with E-state index < -0.39 is 6.04 Å². The Morgan fingerprint density at radius 3 is 1.93 bits per heavy atom. The zero-order valence-electron chi connectivity index (χ0n) is 15.6. The van der Waals surface area contributed by atoms with Crippen LogP contribution in [0.4, 0.5) is 0 Å². The first kappa shape index (κ1) is 19.5. The van der Waals surface area contributed by atoms with Crippen molar-refractivity contribution in [3.05, 3.63) is 90.0 Å². The van der Waals surface area contributed by atoms with E-state index >= 15 is 0 Å². The maximum absolute atomic E-state index is 12.8. The quantitative estimate of drug-likeness (QED) is 0.534. The first-order valence-electron chi connectivity index (χ1n) is 9.30. The summed E-state index contributed by atoms with van der Waals surface area (Å²) < 4.78 is 0. The molecule has 1 unspecified atom stereocenters. The van der Waals surface area contributed by atoms with E-state index in [1.165, 1.54) is 0 Å². The van der Waals surface area contributed by atoms with Crippen molar-refractivity contribution in [2.24, 2.45) is 0 Å². The highest BCUT2D eigenvalue weighted by atomic mass is 16.3. The highest BCUT2D eigenvalue weighted by molar-refractivity contribution is 5.83. The van der Waals surface area contributed by atoms with Gasteiger partial charge in [0.1, 0.15) is 11.8 Å². The van der Waals surface area contributed by atoms with Crippen molar-refractivity contribution >= 4 is 5.91 Å². The Morgan fingerprint density at radius 2 is 1.36 bits per heavy atom. The molecule has 144 valence electrons. The molecule has 3 aromatic rings. The Morgan fingerprint density at radius 1 is 0.821 bits per heavy atom. The van der Waals surface area contributed by atoms with Crippen LogP contribution in [0.5, 0.6) is 5.75 Å². The number of nitrogens with one attached hydrogen (secondary N) is 2. The lowest BCUT2D eigenvalue weighted by molar-refractivity contribution is -0.123. The molecule has 0 saturated carbocycles. The molecule has 0 saturated heterocycles. The van der Waals surface area contributed by atoms with Crippen molar-refractivity contribution in [3.8, 4) is 5.75 Å². The topological polar surface area (TPSA) is 87.1 Å². The van der Waals surface area contributed by atoms with Gasteiger partial charge in [0.2, 0.25) is 5.91 Å². The number of nitrogens with zero attached hydrogens (tertiary/aromatic N) is 2. The molecule has 28 heavy (non-hydrogen) atoms. The van der Waals surface area contributed by atoms with Gasteiger partial charge < -0.3 is 15.7 Å². The Kier molecular flexibility index (Phi) is 7.09. The van der Waals surface area contributed by atoms with E-state index in [2.05, 4.69) is 20.6 Å². The third-order valence-corrected chi connectivity index (χ3v) is 4.46. The van der Waals surface area contributed by atoms with E-state index in [9.17, 15) is 9.90 Å². The molecule has 0 aliphatic carbocycles. The number of phenolic OH excluding ortho intramolecular Hbond substituents is 1. The summed E-state index contributed by atoms with van der Waals surface area (Å²) >= 11 is 0. The number of hydrogen-bond acceptors (Lipinski definition) is 5. The van der Waals surface area contributed by atoms with Gasteiger partial charge in [-0.05, 0) is 65.9 Å². The zero-order chi connectivity index (χ0) is 19.6. The number of aromatic hydroxyl groups is 1. The molecule has 0 bridgehead atoms. The molecule has 0 fully saturated rings. The SMILES string of the molecule is O=C(NCCc1ccncc1)C(NCCc1ccncc1)c1ccc(O)cc1. The van der Waals surface area contributed by atoms with E-state index in [4.69, 9.17) is 0 Å². The van der Waals surface area contributed by atoms with Crippen molar-refractivity contribution in [2.75, 3.05) is 13.1 Å². The molecule has 6 heteroatoms. The number of benzene rings is 1. The predicted octanol–water partition coefficient (Wildman–Crippen LogP) is 2.41. The summed E-state index contributed by atoms with van der Waals surface area (Å²) in [5, 5.41) is 15.9. The average molecular weight is 376 g/mol. The minimum atomic E-state index is -0.486. The third-order valence-electron chi connectivity index (χ3n) is 4.46. The Balaban J connectivity index is 1.59. The van der Waals surface area contributed by atoms with E-state index in [1.54, 1.807) is 49.1 Å². The molecule has 0 spiro atoms. The van der Waals surface area contributed by atoms with Gasteiger partial charge in [0, 0.05) is 37.9 Å². The predicted molar refractivity (Wildman–Crippen MR) is 108 cm³/mol. The molecule has 1 amide bonds. The minimum Gasteiger partial charge on any atom is -0.508 e. The Labute approximate surface area is 164 Å². The fourth-order valence-electron chi connectivity index (χ4n) is 2.92. The maximum Gasteiger partial charge on any atom is 0.241 e. The Bertz CT molecular complexity index is 855. The maximum atomic E-state index is 12.8. The van der Waals surface area contributed by atoms with Gasteiger partial charge in [0.25, 0.3) is 0 Å². The van der Waals surface area contributed by atoms with Crippen molar-refractivity contribution in [1.29, 1.82) is 0 Å². The van der Waals surface area contributed by atoms with Crippen LogP contribution in [0.2, 0.25) is 0 Å². The molecule has 2 heterocycles. The van der Waals surface area contributed by atoms with E-state index in [0.717, 1.165) is 29.5 Å². The summed E-state index contributed by atoms with van der Waals surface area (Å²) in [5.74, 6) is 0.0897. The minimum absolute atomic E-state index is 0.0884. The zero-order valence-corrected chi connectivity index (χ0v) is 15.6. The number of rotatable bonds is 9. The van der Waals surface area contributed by atoms with Crippen molar-refractivity contribution in [1.82, 2.24) is 20.6 Å². The largest absolute Gasteiger partial charge is 0.508 e. The summed E-state index contributed by atoms with van der Waals surface area (Å²) in [5.41, 5.74) is 3.10. The second kappa shape index (κ2) is 10.2. The monoisotopic (exact) mass is 376 g/mol. The molecular weight excluding hydrogens is 352 g/mol. The number of carbonyl (C=O) groups is 1. The number of pyridine rings is 2. The van der Waals surface area contributed by atoms with Gasteiger partial charge >= 0.3 is 0 Å². The van der Waals surface area contributed by atoms with Crippen LogP contribution in [0, 0.1) is 0 Å². The molecule has 1 atom stereocenters. The first-order valence-corrected chi connectivity index (χ1v) is 9.30. The van der Waals surface area contributed by atoms with E-state index in [0.29, 0.717) is 13.1 Å². The second-order valence-electron chi connectivity index (χ2n) is 6.48. The number of hydrogen-bond donors (Lipinski definition) is 3. The van der Waals surface area contributed by atoms with Crippen LogP contribution in [0.25, 0.3) is 0 Å². The van der Waals surface area contributed by atoms with Gasteiger partial charge in [0.05, 0.1) is 0 Å². The van der Waals surface area contributed by atoms with E-state index in [1.807, 2.05) is 24.3 Å². The average Bonchev–Trinajstić information content (AvgIpc) is 2.73. The van der Waals surface area contributed by atoms with Crippen LogP contribution in [0.15, 0.2) is 73.3 Å². The molecule has 6 nitrogen and oxygen atoms in total. The van der Waals surface area contributed by atoms with Gasteiger partial charge in [-0.3, -0.25) is 14.8 Å². The van der Waals surface area contributed by atoms with Crippen LogP contribution in [0.3, 0.4) is 0 Å². The standard InChI is InChI=1S/C22H24N4O2/c27-20-3-1-19(2-4-20)21(25-15-9-17-5-11-23-12-6-17)22(28)26-16-10-18-7-13-24-14-8-18/h1-8,11-14,21,25,27H,9-10,15-16H2,(H,26,28). The molecule has 1 aromatic carbocycles. The van der Waals surface area contributed by atoms with E-state index in [-0.39, 0.29) is 11.7 Å². The number of amides is 1. The van der Waals surface area contributed by atoms with Gasteiger partial charge in [-0.2, -0.15) is 0 Å². The lowest BCUT2D eigenvalue weighted by atomic mass is 10.0. The molecule has 3 rings (SSSR count). The molecule has 3 N–H and O–H groups in total. The molecule has 0 aliphatic heterocycles. The summed E-state index contributed by atoms with van der Waals surface area (Å²) in [6.07, 6.45) is 8.56. The van der Waals surface area contributed by atoms with Crippen LogP contribution in [0.1, 0.15) is 22.7 Å². The fourth-order valence-corrected chi connectivity index (χ4v) is 2.92. The van der Waals surface area contributed by atoms with Crippen molar-refractivity contribution in [2.45, 2.75) is 18.9 Å². The highest BCUT2D eigenvalue weighted by Gasteiger charge is 2.19. The summed E-state index contributed by atoms with van der Waals surface area (Å²) in [6.45, 7) is 1.19. The van der Waals surface area contributed by atoms with Gasteiger partial charge in [0.15, 0.2) is 0 Å². The van der Waals surface area contributed by atoms with Gasteiger partial charge in [-0.1, -0.05) is 12.1 Å². The molecular formula is C22H24N4O2. The highest BCUT2D eigenvalue weighted by Crippen LogP contribution is 2.17. The van der Waals surface area contributed by atoms with Crippen LogP contribution in [-0.4, -0.2) is 34.1 Å². The lowest BCUT2D eigenvalue weighted by Gasteiger charge is -2.19.